The van der Waals surface area contributed by atoms with Crippen LogP contribution in [0.2, 0.25) is 0 Å². The molecule has 5 heavy (non-hydrogen) atoms. The van der Waals surface area contributed by atoms with Gasteiger partial charge >= 0.3 is 7.38 Å². The second-order valence-corrected chi connectivity index (χ2v) is 1.47. The van der Waals surface area contributed by atoms with Gasteiger partial charge in [0.1, 0.15) is 0 Å². The molecular formula is ClO2PPb. The summed E-state index contributed by atoms with van der Waals surface area (Å²) >= 11 is 4.23. The summed E-state index contributed by atoms with van der Waals surface area (Å²) in [6.07, 6.45) is 0. The Morgan fingerprint density at radius 2 is 1.80 bits per heavy atom. The van der Waals surface area contributed by atoms with Crippen LogP contribution in [0.4, 0.5) is 0 Å². The smallest absolute Gasteiger partial charge is 0.430 e. The van der Waals surface area contributed by atoms with Gasteiger partial charge in [0, 0.05) is 27.3 Å². The van der Waals surface area contributed by atoms with Crippen LogP contribution in [0.3, 0.4) is 0 Å². The van der Waals surface area contributed by atoms with Crippen LogP contribution in [0.5, 0.6) is 0 Å². The molecule has 0 heterocycles. The zero-order chi connectivity index (χ0) is 3.58. The molecule has 1 unspecified atom stereocenters. The van der Waals surface area contributed by atoms with Gasteiger partial charge < -0.3 is 4.89 Å². The molecule has 28 valence electrons. The minimum atomic E-state index is -2.65. The van der Waals surface area contributed by atoms with E-state index in [2.05, 4.69) is 11.2 Å². The molecule has 2 nitrogen and oxygen atoms in total. The van der Waals surface area contributed by atoms with Gasteiger partial charge in [-0.05, 0) is 0 Å². The molecule has 0 bridgehead atoms. The van der Waals surface area contributed by atoms with Gasteiger partial charge in [-0.2, -0.15) is 0 Å². The Morgan fingerprint density at radius 3 is 1.80 bits per heavy atom. The van der Waals surface area contributed by atoms with E-state index in [1.807, 2.05) is 0 Å². The second kappa shape index (κ2) is 5.27. The summed E-state index contributed by atoms with van der Waals surface area (Å²) in [6, 6.07) is 0. The van der Waals surface area contributed by atoms with Gasteiger partial charge in [0.25, 0.3) is 0 Å². The predicted octanol–water partition coefficient (Wildman–Crippen LogP) is -0.138. The van der Waals surface area contributed by atoms with Crippen LogP contribution in [-0.2, 0) is 4.57 Å². The summed E-state index contributed by atoms with van der Waals surface area (Å²) in [5, 5.41) is 0. The van der Waals surface area contributed by atoms with E-state index in [1.54, 1.807) is 0 Å². The average Bonchev–Trinajstić information content (AvgIpc) is 0.811. The summed E-state index contributed by atoms with van der Waals surface area (Å²) in [6.45, 7) is 0. The molecule has 0 aliphatic heterocycles. The Kier molecular flexibility index (Phi) is 10.1. The zero-order valence-electron chi connectivity index (χ0n) is 2.14. The molecule has 0 aromatic carbocycles. The minimum absolute atomic E-state index is 0. The van der Waals surface area contributed by atoms with E-state index in [9.17, 15) is 0 Å². The van der Waals surface area contributed by atoms with Crippen molar-refractivity contribution >= 4 is 45.9 Å². The first kappa shape index (κ1) is 9.55. The molecule has 0 saturated carbocycles. The first-order chi connectivity index (χ1) is 1.73. The maximum Gasteiger partial charge on any atom is 0.430 e. The van der Waals surface area contributed by atoms with Gasteiger partial charge in [0.2, 0.25) is 11.2 Å². The van der Waals surface area contributed by atoms with E-state index in [1.165, 1.54) is 0 Å². The summed E-state index contributed by atoms with van der Waals surface area (Å²) < 4.78 is 8.80. The fourth-order valence-corrected chi connectivity index (χ4v) is 0. The molecule has 0 aliphatic rings. The molecule has 0 spiro atoms. The van der Waals surface area contributed by atoms with E-state index in [-0.39, 0.29) is 27.3 Å². The summed E-state index contributed by atoms with van der Waals surface area (Å²) in [5.41, 5.74) is 0. The van der Waals surface area contributed by atoms with Gasteiger partial charge in [-0.15, -0.1) is 0 Å². The Morgan fingerprint density at radius 1 is 1.80 bits per heavy atom. The van der Waals surface area contributed by atoms with E-state index in [4.69, 9.17) is 9.46 Å². The molecule has 0 saturated heterocycles. The maximum atomic E-state index is 8.80. The Balaban J connectivity index is 0. The summed E-state index contributed by atoms with van der Waals surface area (Å²) in [7, 11) is -2.65. The third-order valence-electron chi connectivity index (χ3n) is 0. The Hall–Kier alpha value is 1.27. The molecule has 0 aromatic rings. The van der Waals surface area contributed by atoms with Crippen molar-refractivity contribution < 1.29 is 9.46 Å². The quantitative estimate of drug-likeness (QED) is 0.462. The fraction of sp³-hybridized carbons (Fsp3) is 0. The average molecular weight is 306 g/mol. The van der Waals surface area contributed by atoms with Gasteiger partial charge in [0.05, 0.1) is 0 Å². The first-order valence-electron chi connectivity index (χ1n) is 0.534. The van der Waals surface area contributed by atoms with Crippen molar-refractivity contribution in [3.63, 3.8) is 0 Å². The zero-order valence-corrected chi connectivity index (χ0v) is 7.68. The van der Waals surface area contributed by atoms with E-state index in [0.29, 0.717) is 0 Å². The van der Waals surface area contributed by atoms with Crippen LogP contribution >= 0.6 is 18.6 Å². The monoisotopic (exact) mass is 306 g/mol. The largest absolute Gasteiger partial charge is 0.579 e. The predicted molar refractivity (Wildman–Crippen MR) is 19.2 cm³/mol. The maximum absolute atomic E-state index is 8.80. The molecule has 0 aliphatic carbocycles. The van der Waals surface area contributed by atoms with Gasteiger partial charge in [0.15, 0.2) is 0 Å². The number of rotatable bonds is 0. The van der Waals surface area contributed by atoms with Crippen molar-refractivity contribution in [3.8, 4) is 0 Å². The number of hydrogen-bond acceptors (Lipinski definition) is 2. The molecule has 0 rings (SSSR count). The standard InChI is InChI=1S/ClO2P.Pb/c1-4(2)3;. The van der Waals surface area contributed by atoms with Crippen LogP contribution in [0.1, 0.15) is 0 Å². The van der Waals surface area contributed by atoms with Crippen molar-refractivity contribution in [1.29, 1.82) is 0 Å². The SMILES string of the molecule is O=[P+]([O-])Cl.[Pb]. The van der Waals surface area contributed by atoms with E-state index >= 15 is 0 Å². The summed E-state index contributed by atoms with van der Waals surface area (Å²) in [4.78, 5) is 8.80. The molecule has 1 atom stereocenters. The molecule has 4 radical (unpaired) electrons. The van der Waals surface area contributed by atoms with Crippen molar-refractivity contribution in [3.05, 3.63) is 0 Å². The van der Waals surface area contributed by atoms with Crippen molar-refractivity contribution in [2.45, 2.75) is 0 Å². The molecule has 5 heteroatoms. The second-order valence-electron chi connectivity index (χ2n) is 0.213. The third-order valence-corrected chi connectivity index (χ3v) is 0. The van der Waals surface area contributed by atoms with Gasteiger partial charge in [-0.3, -0.25) is 0 Å². The Bertz CT molecular complexity index is 32.6. The van der Waals surface area contributed by atoms with Crippen LogP contribution in [-0.4, -0.2) is 27.3 Å². The third kappa shape index (κ3) is 34.9. The number of hydrogen-bond donors (Lipinski definition) is 0. The van der Waals surface area contributed by atoms with Crippen LogP contribution < -0.4 is 4.89 Å². The summed E-state index contributed by atoms with van der Waals surface area (Å²) in [5.74, 6) is 0. The van der Waals surface area contributed by atoms with Crippen LogP contribution in [0, 0.1) is 0 Å². The molecule has 0 aromatic heterocycles. The topological polar surface area (TPSA) is 40.1 Å². The molecule has 0 N–H and O–H groups in total. The first-order valence-corrected chi connectivity index (χ1v) is 2.62. The van der Waals surface area contributed by atoms with Crippen LogP contribution in [0.15, 0.2) is 0 Å². The molecule has 0 fully saturated rings. The normalized spacial score (nSPS) is 8.80. The fourth-order valence-electron chi connectivity index (χ4n) is 0. The van der Waals surface area contributed by atoms with Crippen molar-refractivity contribution in [2.24, 2.45) is 0 Å². The van der Waals surface area contributed by atoms with E-state index in [0.717, 1.165) is 0 Å². The van der Waals surface area contributed by atoms with Gasteiger partial charge in [-0.25, -0.2) is 0 Å². The minimum Gasteiger partial charge on any atom is -0.579 e. The molecular weight excluding hydrogens is 306 g/mol. The molecule has 0 amide bonds. The van der Waals surface area contributed by atoms with Crippen molar-refractivity contribution in [1.82, 2.24) is 0 Å². The van der Waals surface area contributed by atoms with Crippen molar-refractivity contribution in [2.75, 3.05) is 0 Å². The number of halogens is 1. The Labute approximate surface area is 55.3 Å². The van der Waals surface area contributed by atoms with Crippen LogP contribution in [0.25, 0.3) is 0 Å². The van der Waals surface area contributed by atoms with E-state index < -0.39 is 7.38 Å². The van der Waals surface area contributed by atoms with Gasteiger partial charge in [-0.1, -0.05) is 4.57 Å².